The van der Waals surface area contributed by atoms with Crippen LogP contribution in [0.3, 0.4) is 0 Å². The molecule has 2 nitrogen and oxygen atoms in total. The zero-order valence-corrected chi connectivity index (χ0v) is 20.8. The van der Waals surface area contributed by atoms with Crippen LogP contribution in [0.4, 0.5) is 8.78 Å². The van der Waals surface area contributed by atoms with Crippen LogP contribution in [0.25, 0.3) is 22.3 Å². The van der Waals surface area contributed by atoms with Gasteiger partial charge in [-0.2, -0.15) is 0 Å². The molecule has 0 atom stereocenters. The van der Waals surface area contributed by atoms with Crippen molar-refractivity contribution in [2.45, 2.75) is 41.5 Å². The van der Waals surface area contributed by atoms with E-state index in [9.17, 15) is 8.78 Å². The molecule has 0 aliphatic rings. The third kappa shape index (κ3) is 6.34. The van der Waals surface area contributed by atoms with Gasteiger partial charge in [0.05, 0.1) is 0 Å². The van der Waals surface area contributed by atoms with Crippen LogP contribution in [0.2, 0.25) is 0 Å². The van der Waals surface area contributed by atoms with E-state index < -0.39 is 11.6 Å². The summed E-state index contributed by atoms with van der Waals surface area (Å²) in [6, 6.07) is 14.1. The van der Waals surface area contributed by atoms with Gasteiger partial charge in [-0.3, -0.25) is 0 Å². The highest BCUT2D eigenvalue weighted by Crippen LogP contribution is 2.34. The van der Waals surface area contributed by atoms with Gasteiger partial charge in [-0.25, -0.2) is 8.78 Å². The molecule has 0 aliphatic carbocycles. The Morgan fingerprint density at radius 2 is 1.03 bits per heavy atom. The molecule has 0 unspecified atom stereocenters. The van der Waals surface area contributed by atoms with Crippen molar-refractivity contribution in [3.8, 4) is 33.8 Å². The average molecular weight is 463 g/mol. The molecule has 178 valence electrons. The van der Waals surface area contributed by atoms with E-state index in [1.54, 1.807) is 12.1 Å². The SMILES string of the molecule is CC(C)=CCOc1ccc(-c2cc(C)c(-c3ccc(OCC=C(C)C)c(F)c3)cc2C)cc1F. The lowest BCUT2D eigenvalue weighted by molar-refractivity contribution is 0.341. The van der Waals surface area contributed by atoms with Crippen molar-refractivity contribution in [2.75, 3.05) is 13.2 Å². The summed E-state index contributed by atoms with van der Waals surface area (Å²) in [5.41, 5.74) is 7.59. The first-order valence-electron chi connectivity index (χ1n) is 11.4. The third-order valence-corrected chi connectivity index (χ3v) is 5.52. The second kappa shape index (κ2) is 11.1. The molecule has 0 bridgehead atoms. The zero-order chi connectivity index (χ0) is 24.8. The fraction of sp³-hybridized carbons (Fsp3) is 0.267. The fourth-order valence-electron chi connectivity index (χ4n) is 3.61. The predicted octanol–water partition coefficient (Wildman–Crippen LogP) is 8.61. The van der Waals surface area contributed by atoms with Crippen molar-refractivity contribution >= 4 is 0 Å². The number of halogens is 2. The van der Waals surface area contributed by atoms with E-state index in [2.05, 4.69) is 0 Å². The van der Waals surface area contributed by atoms with Gasteiger partial charge >= 0.3 is 0 Å². The molecular formula is C30H32F2O2. The van der Waals surface area contributed by atoms with Gasteiger partial charge in [0.1, 0.15) is 13.2 Å². The van der Waals surface area contributed by atoms with E-state index in [4.69, 9.17) is 9.47 Å². The van der Waals surface area contributed by atoms with Crippen molar-refractivity contribution in [1.29, 1.82) is 0 Å². The quantitative estimate of drug-likeness (QED) is 0.312. The Labute approximate surface area is 201 Å². The number of benzene rings is 3. The van der Waals surface area contributed by atoms with Crippen molar-refractivity contribution in [3.05, 3.63) is 94.6 Å². The van der Waals surface area contributed by atoms with E-state index in [0.717, 1.165) is 44.5 Å². The maximum Gasteiger partial charge on any atom is 0.165 e. The molecule has 0 amide bonds. The predicted molar refractivity (Wildman–Crippen MR) is 137 cm³/mol. The lowest BCUT2D eigenvalue weighted by Crippen LogP contribution is -1.98. The molecule has 0 aliphatic heterocycles. The second-order valence-corrected chi connectivity index (χ2v) is 8.96. The van der Waals surface area contributed by atoms with Gasteiger partial charge in [0.2, 0.25) is 0 Å². The molecule has 0 radical (unpaired) electrons. The van der Waals surface area contributed by atoms with Gasteiger partial charge < -0.3 is 9.47 Å². The summed E-state index contributed by atoms with van der Waals surface area (Å²) in [6.45, 7) is 12.5. The van der Waals surface area contributed by atoms with Gasteiger partial charge in [-0.1, -0.05) is 35.4 Å². The molecule has 4 heteroatoms. The largest absolute Gasteiger partial charge is 0.486 e. The Bertz CT molecular complexity index is 1130. The summed E-state index contributed by atoms with van der Waals surface area (Å²) in [5.74, 6) is -0.331. The fourth-order valence-corrected chi connectivity index (χ4v) is 3.61. The number of allylic oxidation sites excluding steroid dienone is 2. The Morgan fingerprint density at radius 1 is 0.647 bits per heavy atom. The minimum atomic E-state index is -0.397. The van der Waals surface area contributed by atoms with Crippen LogP contribution in [0.5, 0.6) is 11.5 Å². The maximum absolute atomic E-state index is 14.6. The van der Waals surface area contributed by atoms with Crippen molar-refractivity contribution in [1.82, 2.24) is 0 Å². The summed E-state index contributed by atoms with van der Waals surface area (Å²) in [7, 11) is 0. The lowest BCUT2D eigenvalue weighted by Gasteiger charge is -2.15. The number of rotatable bonds is 8. The highest BCUT2D eigenvalue weighted by Gasteiger charge is 2.13. The topological polar surface area (TPSA) is 18.5 Å². The van der Waals surface area contributed by atoms with Gasteiger partial charge in [0.15, 0.2) is 23.1 Å². The molecule has 0 fully saturated rings. The van der Waals surface area contributed by atoms with Crippen molar-refractivity contribution in [2.24, 2.45) is 0 Å². The number of aryl methyl sites for hydroxylation is 2. The summed E-state index contributed by atoms with van der Waals surface area (Å²) >= 11 is 0. The van der Waals surface area contributed by atoms with E-state index in [1.165, 1.54) is 12.1 Å². The zero-order valence-electron chi connectivity index (χ0n) is 20.8. The molecule has 34 heavy (non-hydrogen) atoms. The molecule has 3 aromatic carbocycles. The van der Waals surface area contributed by atoms with Crippen LogP contribution in [0.1, 0.15) is 38.8 Å². The van der Waals surface area contributed by atoms with Crippen LogP contribution >= 0.6 is 0 Å². The maximum atomic E-state index is 14.6. The second-order valence-electron chi connectivity index (χ2n) is 8.96. The van der Waals surface area contributed by atoms with E-state index in [-0.39, 0.29) is 11.5 Å². The number of hydrogen-bond acceptors (Lipinski definition) is 2. The molecule has 0 saturated heterocycles. The van der Waals surface area contributed by atoms with E-state index in [1.807, 2.05) is 78.0 Å². The first kappa shape index (κ1) is 25.2. The first-order valence-corrected chi connectivity index (χ1v) is 11.4. The van der Waals surface area contributed by atoms with E-state index >= 15 is 0 Å². The van der Waals surface area contributed by atoms with Crippen LogP contribution in [0.15, 0.2) is 71.8 Å². The van der Waals surface area contributed by atoms with Crippen LogP contribution < -0.4 is 9.47 Å². The highest BCUT2D eigenvalue weighted by atomic mass is 19.1. The smallest absolute Gasteiger partial charge is 0.165 e. The molecule has 0 aromatic heterocycles. The molecule has 0 heterocycles. The van der Waals surface area contributed by atoms with Crippen LogP contribution in [-0.2, 0) is 0 Å². The van der Waals surface area contributed by atoms with Gasteiger partial charge in [0.25, 0.3) is 0 Å². The molecule has 0 spiro atoms. The average Bonchev–Trinajstić information content (AvgIpc) is 2.77. The monoisotopic (exact) mass is 462 g/mol. The Morgan fingerprint density at radius 3 is 1.35 bits per heavy atom. The minimum absolute atomic E-state index is 0.231. The Kier molecular flexibility index (Phi) is 8.27. The normalized spacial score (nSPS) is 10.6. The molecule has 3 rings (SSSR count). The number of ether oxygens (including phenoxy) is 2. The van der Waals surface area contributed by atoms with Crippen molar-refractivity contribution < 1.29 is 18.3 Å². The molecule has 0 saturated carbocycles. The van der Waals surface area contributed by atoms with Gasteiger partial charge in [-0.05, 0) is 111 Å². The van der Waals surface area contributed by atoms with Crippen molar-refractivity contribution in [3.63, 3.8) is 0 Å². The molecule has 0 N–H and O–H groups in total. The summed E-state index contributed by atoms with van der Waals surface area (Å²) < 4.78 is 40.3. The standard InChI is InChI=1S/C30H32F2O2/c1-19(2)11-13-33-29-9-7-23(17-27(29)31)25-15-22(6)26(16-21(25)5)24-8-10-30(28(32)18-24)34-14-12-20(3)4/h7-12,15-18H,13-14H2,1-6H3. The molecular weight excluding hydrogens is 430 g/mol. The Hall–Kier alpha value is -3.40. The summed E-state index contributed by atoms with van der Waals surface area (Å²) in [4.78, 5) is 0. The summed E-state index contributed by atoms with van der Waals surface area (Å²) in [6.07, 6.45) is 3.81. The van der Waals surface area contributed by atoms with Crippen LogP contribution in [0, 0.1) is 25.5 Å². The lowest BCUT2D eigenvalue weighted by atomic mass is 9.92. The number of hydrogen-bond donors (Lipinski definition) is 0. The highest BCUT2D eigenvalue weighted by molar-refractivity contribution is 5.77. The van der Waals surface area contributed by atoms with Gasteiger partial charge in [-0.15, -0.1) is 0 Å². The van der Waals surface area contributed by atoms with Crippen LogP contribution in [-0.4, -0.2) is 13.2 Å². The first-order chi connectivity index (χ1) is 16.2. The minimum Gasteiger partial charge on any atom is -0.486 e. The Balaban J connectivity index is 1.85. The van der Waals surface area contributed by atoms with E-state index in [0.29, 0.717) is 13.2 Å². The summed E-state index contributed by atoms with van der Waals surface area (Å²) in [5, 5.41) is 0. The van der Waals surface area contributed by atoms with Gasteiger partial charge in [0, 0.05) is 0 Å². The molecule has 3 aromatic rings. The third-order valence-electron chi connectivity index (χ3n) is 5.52.